The molecule has 3 aromatic rings. The molecule has 3 aromatic carbocycles. The van der Waals surface area contributed by atoms with Gasteiger partial charge in [-0.1, -0.05) is 73.9 Å². The summed E-state index contributed by atoms with van der Waals surface area (Å²) in [5, 5.41) is 8.75. The molecule has 0 atom stereocenters. The van der Waals surface area contributed by atoms with Gasteiger partial charge in [0.1, 0.15) is 0 Å². The summed E-state index contributed by atoms with van der Waals surface area (Å²) in [4.78, 5) is 0. The van der Waals surface area contributed by atoms with Gasteiger partial charge in [-0.15, -0.1) is 39.7 Å². The quantitative estimate of drug-likeness (QED) is 0.309. The Morgan fingerprint density at radius 2 is 1.04 bits per heavy atom. The molecule has 0 spiro atoms. The molecule has 24 heavy (non-hydrogen) atoms. The van der Waals surface area contributed by atoms with Gasteiger partial charge in [-0.05, 0) is 0 Å². The van der Waals surface area contributed by atoms with Gasteiger partial charge in [-0.2, -0.15) is 0 Å². The van der Waals surface area contributed by atoms with E-state index in [4.69, 9.17) is 17.0 Å². The summed E-state index contributed by atoms with van der Waals surface area (Å²) in [5.41, 5.74) is 0. The Labute approximate surface area is 166 Å². The molecule has 0 aliphatic carbocycles. The Bertz CT molecular complexity index is 774. The topological polar surface area (TPSA) is 0 Å². The first-order valence-electron chi connectivity index (χ1n) is 8.18. The van der Waals surface area contributed by atoms with Crippen molar-refractivity contribution in [3.05, 3.63) is 42.5 Å². The zero-order valence-electron chi connectivity index (χ0n) is 15.3. The fourth-order valence-corrected chi connectivity index (χ4v) is 5.30. The van der Waals surface area contributed by atoms with E-state index in [1.807, 2.05) is 0 Å². The summed E-state index contributed by atoms with van der Waals surface area (Å²) < 4.78 is 0. The molecular weight excluding hydrogens is 447 g/mol. The number of halogens is 2. The van der Waals surface area contributed by atoms with Gasteiger partial charge in [-0.3, -0.25) is 0 Å². The fraction of sp³-hybridized carbons (Fsp3) is 0.316. The Hall–Kier alpha value is 0.207. The van der Waals surface area contributed by atoms with Gasteiger partial charge in [0.25, 0.3) is 0 Å². The predicted molar refractivity (Wildman–Crippen MR) is 115 cm³/mol. The molecule has 5 heteroatoms. The second-order valence-electron chi connectivity index (χ2n) is 8.32. The Morgan fingerprint density at radius 1 is 0.708 bits per heavy atom. The normalized spacial score (nSPS) is 12.2. The second-order valence-corrected chi connectivity index (χ2v) is 22.2. The number of rotatable bonds is 2. The van der Waals surface area contributed by atoms with Crippen LogP contribution in [-0.2, 0) is 20.8 Å². The van der Waals surface area contributed by atoms with Crippen molar-refractivity contribution in [1.29, 1.82) is 0 Å². The molecule has 0 nitrogen and oxygen atoms in total. The maximum atomic E-state index is 4.93. The van der Waals surface area contributed by atoms with Crippen LogP contribution in [0.3, 0.4) is 0 Å². The van der Waals surface area contributed by atoms with Crippen molar-refractivity contribution in [3.63, 3.8) is 0 Å². The zero-order valence-corrected chi connectivity index (χ0v) is 21.3. The maximum absolute atomic E-state index is 4.93. The van der Waals surface area contributed by atoms with Crippen molar-refractivity contribution in [2.45, 2.75) is 39.3 Å². The van der Waals surface area contributed by atoms with Crippen LogP contribution in [0.15, 0.2) is 42.5 Å². The Kier molecular flexibility index (Phi) is 6.70. The van der Waals surface area contributed by atoms with Gasteiger partial charge in [0.15, 0.2) is 0 Å². The summed E-state index contributed by atoms with van der Waals surface area (Å²) in [6.45, 7) is 14.5. The standard InChI is InChI=1S/C19H25Si2.2ClH.Zr/c1-20(2,3)16-7-9-18-14(12-16)11-15-13-17(21(4,5)6)8-10-19(15)18;;;/h7-13H,1-6H3;2*1H;/q-1;;;+2/p-2. The summed E-state index contributed by atoms with van der Waals surface area (Å²) >= 11 is -0.826. The first-order chi connectivity index (χ1) is 11.1. The van der Waals surface area contributed by atoms with Crippen LogP contribution in [0.4, 0.5) is 0 Å². The molecule has 128 valence electrons. The third-order valence-electron chi connectivity index (χ3n) is 4.44. The molecule has 0 aliphatic rings. The third kappa shape index (κ3) is 4.68. The molecule has 0 unspecified atom stereocenters. The molecule has 0 aliphatic heterocycles. The monoisotopic (exact) mass is 469 g/mol. The molecule has 0 amide bonds. The molecular formula is C19H25Cl2Si2Zr-. The van der Waals surface area contributed by atoms with E-state index in [-0.39, 0.29) is 0 Å². The predicted octanol–water partition coefficient (Wildman–Crippen LogP) is 6.18. The van der Waals surface area contributed by atoms with Crippen molar-refractivity contribution >= 4 is 65.1 Å². The van der Waals surface area contributed by atoms with Crippen LogP contribution in [0.25, 0.3) is 21.5 Å². The third-order valence-corrected chi connectivity index (χ3v) is 8.52. The summed E-state index contributed by atoms with van der Waals surface area (Å²) in [6.07, 6.45) is 0. The van der Waals surface area contributed by atoms with Crippen molar-refractivity contribution in [1.82, 2.24) is 0 Å². The fourth-order valence-electron chi connectivity index (χ4n) is 2.96. The van der Waals surface area contributed by atoms with E-state index in [0.29, 0.717) is 0 Å². The van der Waals surface area contributed by atoms with Crippen molar-refractivity contribution in [2.75, 3.05) is 0 Å². The summed E-state index contributed by atoms with van der Waals surface area (Å²) in [7, 11) is 7.40. The van der Waals surface area contributed by atoms with Crippen LogP contribution in [-0.4, -0.2) is 16.1 Å². The van der Waals surface area contributed by atoms with E-state index in [1.54, 1.807) is 10.4 Å². The summed E-state index contributed by atoms with van der Waals surface area (Å²) in [5.74, 6) is 0. The van der Waals surface area contributed by atoms with E-state index >= 15 is 0 Å². The van der Waals surface area contributed by atoms with E-state index in [2.05, 4.69) is 81.7 Å². The number of hydrogen-bond acceptors (Lipinski definition) is 0. The minimum absolute atomic E-state index is 0.826. The molecule has 0 fully saturated rings. The molecule has 0 radical (unpaired) electrons. The van der Waals surface area contributed by atoms with E-state index in [9.17, 15) is 0 Å². The molecule has 0 saturated carbocycles. The van der Waals surface area contributed by atoms with Crippen molar-refractivity contribution in [2.24, 2.45) is 0 Å². The molecule has 0 saturated heterocycles. The van der Waals surface area contributed by atoms with Crippen LogP contribution in [0.5, 0.6) is 0 Å². The van der Waals surface area contributed by atoms with E-state index in [1.165, 1.54) is 21.5 Å². The molecule has 0 aromatic heterocycles. The molecule has 0 heterocycles. The van der Waals surface area contributed by atoms with Gasteiger partial charge < -0.3 is 0 Å². The number of benzene rings is 2. The van der Waals surface area contributed by atoms with Crippen LogP contribution < -0.4 is 10.4 Å². The van der Waals surface area contributed by atoms with Crippen LogP contribution in [0.2, 0.25) is 39.3 Å². The van der Waals surface area contributed by atoms with E-state index < -0.39 is 37.0 Å². The van der Waals surface area contributed by atoms with E-state index in [0.717, 1.165) is 0 Å². The van der Waals surface area contributed by atoms with Crippen molar-refractivity contribution in [3.8, 4) is 0 Å². The van der Waals surface area contributed by atoms with Gasteiger partial charge >= 0.3 is 37.9 Å². The van der Waals surface area contributed by atoms with Gasteiger partial charge in [0.2, 0.25) is 0 Å². The van der Waals surface area contributed by atoms with Crippen LogP contribution >= 0.6 is 17.0 Å². The average Bonchev–Trinajstić information content (AvgIpc) is 2.82. The average molecular weight is 472 g/mol. The first-order valence-corrected chi connectivity index (χ1v) is 21.5. The molecule has 0 bridgehead atoms. The number of hydrogen-bond donors (Lipinski definition) is 0. The SMILES string of the molecule is C[Si](C)(C)c1ccc2c(c1)[cH-]c1cc([Si](C)(C)C)ccc12.[Cl][Zr][Cl]. The second kappa shape index (κ2) is 7.84. The minimum atomic E-state index is -1.23. The van der Waals surface area contributed by atoms with Crippen LogP contribution in [0, 0.1) is 0 Å². The summed E-state index contributed by atoms with van der Waals surface area (Å²) in [6, 6.07) is 16.6. The van der Waals surface area contributed by atoms with Gasteiger partial charge in [0.05, 0.1) is 16.1 Å². The van der Waals surface area contributed by atoms with Crippen LogP contribution in [0.1, 0.15) is 0 Å². The molecule has 0 N–H and O–H groups in total. The first kappa shape index (κ1) is 20.5. The Morgan fingerprint density at radius 3 is 1.33 bits per heavy atom. The number of fused-ring (bicyclic) bond motifs is 3. The van der Waals surface area contributed by atoms with Gasteiger partial charge in [0, 0.05) is 0 Å². The van der Waals surface area contributed by atoms with Gasteiger partial charge in [-0.25, -0.2) is 0 Å². The molecule has 3 rings (SSSR count). The zero-order chi connectivity index (χ0) is 18.1. The Balaban J connectivity index is 0.000000647. The van der Waals surface area contributed by atoms with Crippen molar-refractivity contribution < 1.29 is 20.8 Å².